The molecule has 348 valence electrons. The Hall–Kier alpha value is -7.05. The zero-order valence-corrected chi connectivity index (χ0v) is 38.9. The van der Waals surface area contributed by atoms with Crippen LogP contribution in [0.25, 0.3) is 32.2 Å². The third-order valence-corrected chi connectivity index (χ3v) is 14.2. The zero-order chi connectivity index (χ0) is 47.7. The molecule has 1 aliphatic carbocycles. The highest BCUT2D eigenvalue weighted by Gasteiger charge is 2.59. The third kappa shape index (κ3) is 10.0. The molecule has 5 atom stereocenters. The molecule has 2 fully saturated rings. The molecule has 3 N–H and O–H groups in total. The minimum atomic E-state index is -4.25. The lowest BCUT2D eigenvalue weighted by atomic mass is 10.0. The Morgan fingerprint density at radius 2 is 1.66 bits per heavy atom. The van der Waals surface area contributed by atoms with Crippen molar-refractivity contribution in [1.82, 2.24) is 29.2 Å². The number of pyridine rings is 1. The quantitative estimate of drug-likeness (QED) is 0.101. The first-order valence-corrected chi connectivity index (χ1v) is 23.9. The smallest absolute Gasteiger partial charge is 0.408 e. The van der Waals surface area contributed by atoms with Crippen LogP contribution in [0.15, 0.2) is 132 Å². The fraction of sp³-hybridized carbons (Fsp3) is 0.306. The molecule has 2 aromatic heterocycles. The van der Waals surface area contributed by atoms with E-state index in [1.54, 1.807) is 76.4 Å². The van der Waals surface area contributed by atoms with E-state index in [0.717, 1.165) is 17.1 Å². The molecule has 8 rings (SSSR count). The van der Waals surface area contributed by atoms with Gasteiger partial charge in [-0.25, -0.2) is 22.9 Å². The van der Waals surface area contributed by atoms with Gasteiger partial charge >= 0.3 is 6.09 Å². The van der Waals surface area contributed by atoms with Crippen LogP contribution >= 0.6 is 11.5 Å². The van der Waals surface area contributed by atoms with Crippen LogP contribution in [0.1, 0.15) is 33.6 Å². The van der Waals surface area contributed by atoms with Gasteiger partial charge in [0.05, 0.1) is 51.8 Å². The second-order valence-electron chi connectivity index (χ2n) is 17.6. The summed E-state index contributed by atoms with van der Waals surface area (Å²) in [4.78, 5) is 76.6. The number of carbonyl (C=O) groups is 4. The van der Waals surface area contributed by atoms with Crippen molar-refractivity contribution in [2.75, 3.05) is 20.2 Å². The number of hydrogen-bond donors (Lipinski definition) is 3. The van der Waals surface area contributed by atoms with Crippen molar-refractivity contribution >= 4 is 66.4 Å². The number of likely N-dealkylation sites (tertiary alicyclic amines) is 1. The molecule has 5 unspecified atom stereocenters. The Balaban J connectivity index is 1.13. The summed E-state index contributed by atoms with van der Waals surface area (Å²) in [5, 5.41) is 6.59. The van der Waals surface area contributed by atoms with E-state index >= 15 is 4.79 Å². The summed E-state index contributed by atoms with van der Waals surface area (Å²) in [6, 6.07) is 28.5. The van der Waals surface area contributed by atoms with Gasteiger partial charge in [-0.15, -0.1) is 6.58 Å². The second kappa shape index (κ2) is 18.7. The summed E-state index contributed by atoms with van der Waals surface area (Å²) in [5.74, 6) is -1.63. The Bertz CT molecular complexity index is 3040. The number of sulfonamides is 1. The summed E-state index contributed by atoms with van der Waals surface area (Å²) in [6.45, 7) is 8.14. The first kappa shape index (κ1) is 46.5. The van der Waals surface area contributed by atoms with Crippen LogP contribution in [0.4, 0.5) is 4.79 Å². The van der Waals surface area contributed by atoms with Crippen LogP contribution in [0, 0.1) is 11.3 Å². The molecule has 0 bridgehead atoms. The van der Waals surface area contributed by atoms with Crippen LogP contribution < -0.4 is 30.4 Å². The molecule has 6 aromatic rings. The molecule has 1 saturated carbocycles. The summed E-state index contributed by atoms with van der Waals surface area (Å²) in [5.41, 5.74) is -0.660. The van der Waals surface area contributed by atoms with Gasteiger partial charge in [-0.1, -0.05) is 78.3 Å². The lowest BCUT2D eigenvalue weighted by Crippen LogP contribution is -2.56. The van der Waals surface area contributed by atoms with Crippen molar-refractivity contribution < 1.29 is 41.8 Å². The number of nitrogens with one attached hydrogen (secondary N) is 3. The summed E-state index contributed by atoms with van der Waals surface area (Å²) >= 11 is 1.12. The average molecular weight is 947 g/mol. The van der Waals surface area contributed by atoms with Crippen molar-refractivity contribution in [2.24, 2.45) is 11.3 Å². The number of ether oxygens (including phenoxy) is 3. The van der Waals surface area contributed by atoms with Crippen LogP contribution in [0.5, 0.6) is 11.5 Å². The van der Waals surface area contributed by atoms with Gasteiger partial charge in [0.25, 0.3) is 15.6 Å². The van der Waals surface area contributed by atoms with Gasteiger partial charge < -0.3 is 29.7 Å². The number of methoxy groups -OCH3 is 1. The molecule has 1 saturated heterocycles. The number of aromatic nitrogens is 2. The molecule has 16 nitrogen and oxygen atoms in total. The van der Waals surface area contributed by atoms with Crippen molar-refractivity contribution in [2.45, 2.75) is 68.8 Å². The molecular formula is C49H50N6O10S2. The van der Waals surface area contributed by atoms with Gasteiger partial charge in [-0.2, -0.15) is 0 Å². The number of nitrogens with zero attached hydrogens (tertiary/aromatic N) is 3. The predicted octanol–water partition coefficient (Wildman–Crippen LogP) is 6.04. The lowest BCUT2D eigenvalue weighted by molar-refractivity contribution is -0.140. The minimum Gasteiger partial charge on any atom is -0.497 e. The minimum absolute atomic E-state index is 0.0350. The van der Waals surface area contributed by atoms with Crippen LogP contribution in [0.3, 0.4) is 0 Å². The summed E-state index contributed by atoms with van der Waals surface area (Å²) in [6.07, 6.45) is -0.00560. The van der Waals surface area contributed by atoms with Crippen LogP contribution in [-0.4, -0.2) is 90.1 Å². The van der Waals surface area contributed by atoms with E-state index in [1.165, 1.54) is 39.2 Å². The van der Waals surface area contributed by atoms with E-state index in [9.17, 15) is 27.6 Å². The van der Waals surface area contributed by atoms with Crippen molar-refractivity contribution in [1.29, 1.82) is 0 Å². The fourth-order valence-electron chi connectivity index (χ4n) is 8.28. The molecule has 0 radical (unpaired) electrons. The molecule has 2 aliphatic rings. The Morgan fingerprint density at radius 3 is 2.33 bits per heavy atom. The van der Waals surface area contributed by atoms with Crippen LogP contribution in [-0.2, 0) is 35.7 Å². The SMILES string of the molecule is C=CC1CC1(CNC(=O)C1CC(Oc2cc(-c3ccccc3)nc3cc(OC)ccc23)CN1C(=O)C(Cn1sc2ccccc2c1=O)NC(=O)OC(C)(C)C)C(=O)NS(=O)(=O)c1ccccc1. The molecule has 0 spiro atoms. The summed E-state index contributed by atoms with van der Waals surface area (Å²) < 4.78 is 48.5. The maximum atomic E-state index is 15.1. The fourth-order valence-corrected chi connectivity index (χ4v) is 10.4. The molecule has 3 heterocycles. The number of hydrogen-bond acceptors (Lipinski definition) is 12. The van der Waals surface area contributed by atoms with Gasteiger partial charge in [0, 0.05) is 36.0 Å². The predicted molar refractivity (Wildman–Crippen MR) is 253 cm³/mol. The maximum absolute atomic E-state index is 15.1. The Morgan fingerprint density at radius 1 is 0.955 bits per heavy atom. The molecular weight excluding hydrogens is 897 g/mol. The number of fused-ring (bicyclic) bond motifs is 2. The number of carbonyl (C=O) groups excluding carboxylic acids is 4. The van der Waals surface area contributed by atoms with Crippen LogP contribution in [0.2, 0.25) is 0 Å². The normalized spacial score (nSPS) is 19.6. The number of benzene rings is 4. The van der Waals surface area contributed by atoms with E-state index in [1.807, 2.05) is 36.4 Å². The van der Waals surface area contributed by atoms with E-state index < -0.39 is 69.0 Å². The molecule has 4 amide bonds. The number of rotatable bonds is 15. The third-order valence-electron chi connectivity index (χ3n) is 11.8. The van der Waals surface area contributed by atoms with Gasteiger partial charge in [-0.05, 0) is 69.5 Å². The number of alkyl carbamates (subject to hydrolysis) is 1. The average Bonchev–Trinajstić information content (AvgIpc) is 3.76. The Kier molecular flexibility index (Phi) is 13.0. The lowest BCUT2D eigenvalue weighted by Gasteiger charge is -2.29. The van der Waals surface area contributed by atoms with E-state index in [2.05, 4.69) is 21.9 Å². The van der Waals surface area contributed by atoms with Crippen molar-refractivity contribution in [3.8, 4) is 22.8 Å². The highest BCUT2D eigenvalue weighted by Crippen LogP contribution is 2.53. The number of amides is 4. The van der Waals surface area contributed by atoms with Gasteiger partial charge in [0.15, 0.2) is 0 Å². The molecule has 4 aromatic carbocycles. The molecule has 18 heteroatoms. The van der Waals surface area contributed by atoms with Crippen molar-refractivity contribution in [3.05, 3.63) is 132 Å². The highest BCUT2D eigenvalue weighted by atomic mass is 32.2. The molecule has 67 heavy (non-hydrogen) atoms. The topological polar surface area (TPSA) is 204 Å². The van der Waals surface area contributed by atoms with Gasteiger partial charge in [0.2, 0.25) is 17.7 Å². The zero-order valence-electron chi connectivity index (χ0n) is 37.3. The van der Waals surface area contributed by atoms with Gasteiger partial charge in [0.1, 0.15) is 35.3 Å². The second-order valence-corrected chi connectivity index (χ2v) is 20.3. The largest absolute Gasteiger partial charge is 0.497 e. The first-order chi connectivity index (χ1) is 32.0. The number of allylic oxidation sites excluding steroid dienone is 1. The van der Waals surface area contributed by atoms with Crippen molar-refractivity contribution in [3.63, 3.8) is 0 Å². The summed E-state index contributed by atoms with van der Waals surface area (Å²) in [7, 11) is -2.70. The maximum Gasteiger partial charge on any atom is 0.408 e. The van der Waals surface area contributed by atoms with E-state index in [0.29, 0.717) is 38.2 Å². The van der Waals surface area contributed by atoms with E-state index in [4.69, 9.17) is 19.2 Å². The monoisotopic (exact) mass is 946 g/mol. The van der Waals surface area contributed by atoms with E-state index in [-0.39, 0.29) is 42.9 Å². The Labute approximate surface area is 391 Å². The molecule has 1 aliphatic heterocycles. The highest BCUT2D eigenvalue weighted by molar-refractivity contribution is 7.90. The standard InChI is InChI=1S/C49H50N6O10S2/c1-6-31-26-49(31,46(59)53-67(61,62)34-17-11-8-12-18-34)29-50-43(56)40-24-33(64-41-25-37(30-15-9-7-10-16-30)51-38-23-32(63-5)21-22-35(38)41)27-54(40)45(58)39(52-47(60)65-48(2,3)4)28-55-44(57)36-19-13-14-20-42(36)66-55/h6-23,25,31,33,39-40H,1,24,26-29H2,2-5H3,(H,50,56)(H,52,60)(H,53,59). The first-order valence-electron chi connectivity index (χ1n) is 21.6. The van der Waals surface area contributed by atoms with Gasteiger partial charge in [-0.3, -0.25) is 23.1 Å².